The Balaban J connectivity index is 1.83. The first kappa shape index (κ1) is 13.9. The second-order valence-electron chi connectivity index (χ2n) is 4.33. The number of carboxylic acids is 1. The second kappa shape index (κ2) is 6.55. The van der Waals surface area contributed by atoms with Crippen LogP contribution in [-0.4, -0.2) is 55.5 Å². The number of rotatable bonds is 6. The van der Waals surface area contributed by atoms with Crippen molar-refractivity contribution in [3.63, 3.8) is 0 Å². The second-order valence-corrected chi connectivity index (χ2v) is 5.27. The predicted octanol–water partition coefficient (Wildman–Crippen LogP) is 0.467. The number of likely N-dealkylation sites (tertiary alicyclic amines) is 1. The van der Waals surface area contributed by atoms with Gasteiger partial charge in [0.25, 0.3) is 0 Å². The number of hydrogen-bond donors (Lipinski definition) is 1. The fourth-order valence-electron chi connectivity index (χ4n) is 1.98. The fourth-order valence-corrected chi connectivity index (χ4v) is 2.64. The van der Waals surface area contributed by atoms with Crippen LogP contribution in [0.15, 0.2) is 11.5 Å². The topological polar surface area (TPSA) is 88.3 Å². The Morgan fingerprint density at radius 3 is 2.79 bits per heavy atom. The maximum absolute atomic E-state index is 11.9. The number of carbonyl (C=O) groups is 2. The van der Waals surface area contributed by atoms with Crippen molar-refractivity contribution in [3.05, 3.63) is 6.33 Å². The number of aromatic nitrogens is 3. The Kier molecular flexibility index (Phi) is 4.78. The number of thioether (sulfide) groups is 1. The molecule has 1 aliphatic rings. The number of carboxylic acid groups (broad SMARTS) is 1. The third kappa shape index (κ3) is 3.95. The van der Waals surface area contributed by atoms with Crippen LogP contribution < -0.4 is 0 Å². The summed E-state index contributed by atoms with van der Waals surface area (Å²) in [7, 11) is 0. The van der Waals surface area contributed by atoms with Gasteiger partial charge in [-0.3, -0.25) is 9.59 Å². The maximum Gasteiger partial charge on any atom is 0.313 e. The molecule has 0 aliphatic carbocycles. The average Bonchev–Trinajstić information content (AvgIpc) is 3.04. The molecule has 0 spiro atoms. The number of aliphatic carboxylic acids is 1. The summed E-state index contributed by atoms with van der Waals surface area (Å²) in [5.74, 6) is -0.813. The van der Waals surface area contributed by atoms with Gasteiger partial charge < -0.3 is 14.6 Å². The highest BCUT2D eigenvalue weighted by Crippen LogP contribution is 2.15. The highest BCUT2D eigenvalue weighted by molar-refractivity contribution is 7.99. The van der Waals surface area contributed by atoms with E-state index in [2.05, 4.69) is 10.2 Å². The minimum Gasteiger partial charge on any atom is -0.481 e. The summed E-state index contributed by atoms with van der Waals surface area (Å²) in [5.41, 5.74) is 0. The predicted molar refractivity (Wildman–Crippen MR) is 68.8 cm³/mol. The van der Waals surface area contributed by atoms with Crippen LogP contribution in [0.1, 0.15) is 19.3 Å². The molecule has 1 N–H and O–H groups in total. The molecule has 0 bridgehead atoms. The van der Waals surface area contributed by atoms with Crippen molar-refractivity contribution >= 4 is 23.6 Å². The molecule has 1 saturated heterocycles. The van der Waals surface area contributed by atoms with E-state index in [9.17, 15) is 9.59 Å². The standard InChI is InChI=1S/C11H16N4O3S/c16-9(14-4-1-2-5-14)3-6-15-8-12-13-11(15)19-7-10(17)18/h8H,1-7H2,(H,17,18). The molecule has 2 heterocycles. The quantitative estimate of drug-likeness (QED) is 0.764. The Morgan fingerprint density at radius 2 is 2.11 bits per heavy atom. The highest BCUT2D eigenvalue weighted by Gasteiger charge is 2.18. The zero-order chi connectivity index (χ0) is 13.7. The van der Waals surface area contributed by atoms with Gasteiger partial charge >= 0.3 is 5.97 Å². The molecule has 0 unspecified atom stereocenters. The Hall–Kier alpha value is -1.57. The summed E-state index contributed by atoms with van der Waals surface area (Å²) in [6, 6.07) is 0. The number of carbonyl (C=O) groups excluding carboxylic acids is 1. The Labute approximate surface area is 115 Å². The first-order chi connectivity index (χ1) is 9.16. The van der Waals surface area contributed by atoms with Gasteiger partial charge in [0.05, 0.1) is 5.75 Å². The van der Waals surface area contributed by atoms with Crippen molar-refractivity contribution in [2.24, 2.45) is 0 Å². The van der Waals surface area contributed by atoms with Gasteiger partial charge in [0.15, 0.2) is 5.16 Å². The fraction of sp³-hybridized carbons (Fsp3) is 0.636. The molecule has 1 aromatic heterocycles. The number of nitrogens with zero attached hydrogens (tertiary/aromatic N) is 4. The van der Waals surface area contributed by atoms with Crippen LogP contribution in [0.5, 0.6) is 0 Å². The third-order valence-corrected chi connectivity index (χ3v) is 3.90. The Bertz CT molecular complexity index is 457. The molecule has 0 aromatic carbocycles. The summed E-state index contributed by atoms with van der Waals surface area (Å²) in [5, 5.41) is 16.8. The normalized spacial score (nSPS) is 14.8. The van der Waals surface area contributed by atoms with E-state index in [0.29, 0.717) is 18.1 Å². The molecule has 1 fully saturated rings. The van der Waals surface area contributed by atoms with E-state index in [1.54, 1.807) is 4.57 Å². The molecule has 0 saturated carbocycles. The number of hydrogen-bond acceptors (Lipinski definition) is 5. The zero-order valence-electron chi connectivity index (χ0n) is 10.5. The molecule has 104 valence electrons. The van der Waals surface area contributed by atoms with Gasteiger partial charge in [0.2, 0.25) is 5.91 Å². The van der Waals surface area contributed by atoms with Crippen LogP contribution in [0.2, 0.25) is 0 Å². The van der Waals surface area contributed by atoms with E-state index in [4.69, 9.17) is 5.11 Å². The SMILES string of the molecule is O=C(O)CSc1nncn1CCC(=O)N1CCCC1. The van der Waals surface area contributed by atoms with E-state index in [-0.39, 0.29) is 11.7 Å². The van der Waals surface area contributed by atoms with Gasteiger partial charge in [-0.1, -0.05) is 11.8 Å². The molecule has 8 heteroatoms. The average molecular weight is 284 g/mol. The van der Waals surface area contributed by atoms with Crippen molar-refractivity contribution in [3.8, 4) is 0 Å². The van der Waals surface area contributed by atoms with Crippen LogP contribution >= 0.6 is 11.8 Å². The highest BCUT2D eigenvalue weighted by atomic mass is 32.2. The van der Waals surface area contributed by atoms with Crippen LogP contribution in [0.4, 0.5) is 0 Å². The van der Waals surface area contributed by atoms with Crippen molar-refractivity contribution in [1.82, 2.24) is 19.7 Å². The van der Waals surface area contributed by atoms with Crippen LogP contribution in [0.25, 0.3) is 0 Å². The van der Waals surface area contributed by atoms with Crippen molar-refractivity contribution in [1.29, 1.82) is 0 Å². The summed E-state index contributed by atoms with van der Waals surface area (Å²) < 4.78 is 1.72. The van der Waals surface area contributed by atoms with Crippen molar-refractivity contribution in [2.75, 3.05) is 18.8 Å². The van der Waals surface area contributed by atoms with Crippen molar-refractivity contribution < 1.29 is 14.7 Å². The summed E-state index contributed by atoms with van der Waals surface area (Å²) in [6.45, 7) is 2.19. The molecule has 0 atom stereocenters. The smallest absolute Gasteiger partial charge is 0.313 e. The molecule has 19 heavy (non-hydrogen) atoms. The molecule has 2 rings (SSSR count). The lowest BCUT2D eigenvalue weighted by Crippen LogP contribution is -2.28. The van der Waals surface area contributed by atoms with Crippen molar-refractivity contribution in [2.45, 2.75) is 31.0 Å². The minimum atomic E-state index is -0.896. The van der Waals surface area contributed by atoms with Gasteiger partial charge in [-0.15, -0.1) is 10.2 Å². The summed E-state index contributed by atoms with van der Waals surface area (Å²) in [6.07, 6.45) is 4.09. The van der Waals surface area contributed by atoms with Gasteiger partial charge in [-0.05, 0) is 12.8 Å². The molecule has 1 aliphatic heterocycles. The van der Waals surface area contributed by atoms with Crippen LogP contribution in [0, 0.1) is 0 Å². The summed E-state index contributed by atoms with van der Waals surface area (Å²) >= 11 is 1.11. The Morgan fingerprint density at radius 1 is 1.37 bits per heavy atom. The van der Waals surface area contributed by atoms with E-state index in [1.807, 2.05) is 4.90 Å². The lowest BCUT2D eigenvalue weighted by atomic mass is 10.3. The van der Waals surface area contributed by atoms with Gasteiger partial charge in [0, 0.05) is 26.1 Å². The third-order valence-electron chi connectivity index (χ3n) is 2.93. The van der Waals surface area contributed by atoms with E-state index in [1.165, 1.54) is 6.33 Å². The van der Waals surface area contributed by atoms with E-state index < -0.39 is 5.97 Å². The van der Waals surface area contributed by atoms with Gasteiger partial charge in [-0.25, -0.2) is 0 Å². The zero-order valence-corrected chi connectivity index (χ0v) is 11.3. The molecular weight excluding hydrogens is 268 g/mol. The van der Waals surface area contributed by atoms with E-state index in [0.717, 1.165) is 37.7 Å². The monoisotopic (exact) mass is 284 g/mol. The lowest BCUT2D eigenvalue weighted by molar-refractivity contribution is -0.134. The molecule has 1 aromatic rings. The number of aryl methyl sites for hydroxylation is 1. The largest absolute Gasteiger partial charge is 0.481 e. The molecule has 7 nitrogen and oxygen atoms in total. The van der Waals surface area contributed by atoms with E-state index >= 15 is 0 Å². The minimum absolute atomic E-state index is 0.0568. The molecule has 0 radical (unpaired) electrons. The van der Waals surface area contributed by atoms with Crippen LogP contribution in [-0.2, 0) is 16.1 Å². The van der Waals surface area contributed by atoms with Gasteiger partial charge in [0.1, 0.15) is 6.33 Å². The maximum atomic E-state index is 11.9. The summed E-state index contributed by atoms with van der Waals surface area (Å²) in [4.78, 5) is 24.3. The first-order valence-electron chi connectivity index (χ1n) is 6.17. The molecule has 1 amide bonds. The van der Waals surface area contributed by atoms with Gasteiger partial charge in [-0.2, -0.15) is 0 Å². The first-order valence-corrected chi connectivity index (χ1v) is 7.15. The van der Waals surface area contributed by atoms with Crippen LogP contribution in [0.3, 0.4) is 0 Å². The number of amides is 1. The molecular formula is C11H16N4O3S. The lowest BCUT2D eigenvalue weighted by Gasteiger charge is -2.15.